The molecule has 16 aromatic carbocycles. The van der Waals surface area contributed by atoms with Crippen LogP contribution in [0.15, 0.2) is 394 Å². The van der Waals surface area contributed by atoms with Crippen LogP contribution in [0.5, 0.6) is 0 Å². The second kappa shape index (κ2) is 25.3. The Morgan fingerprint density at radius 2 is 0.761 bits per heavy atom. The molecule has 0 saturated carbocycles. The van der Waals surface area contributed by atoms with Crippen molar-refractivity contribution in [3.8, 4) is 55.9 Å². The van der Waals surface area contributed by atoms with E-state index in [4.69, 9.17) is 0 Å². The first-order valence-electron chi connectivity index (χ1n) is 37.9. The number of hydrogen-bond acceptors (Lipinski definition) is 4. The van der Waals surface area contributed by atoms with Gasteiger partial charge in [0.15, 0.2) is 0 Å². The summed E-state index contributed by atoms with van der Waals surface area (Å²) in [6, 6.07) is 145. The molecule has 7 heteroatoms. The summed E-state index contributed by atoms with van der Waals surface area (Å²) in [5.74, 6) is 0.248. The minimum Gasteiger partial charge on any atom is -0.312 e. The Balaban J connectivity index is 0.874. The van der Waals surface area contributed by atoms with Crippen LogP contribution < -0.4 is 36.0 Å². The van der Waals surface area contributed by atoms with Crippen LogP contribution in [0.4, 0.5) is 68.2 Å². The highest BCUT2D eigenvalue weighted by Crippen LogP contribution is 2.56. The maximum Gasteiger partial charge on any atom is 0.252 e. The van der Waals surface area contributed by atoms with Crippen molar-refractivity contribution in [2.75, 3.05) is 19.6 Å². The molecule has 0 spiro atoms. The van der Waals surface area contributed by atoms with E-state index in [0.29, 0.717) is 0 Å². The van der Waals surface area contributed by atoms with Gasteiger partial charge in [0.05, 0.1) is 39.3 Å². The number of fused-ring (bicyclic) bond motifs is 13. The van der Waals surface area contributed by atoms with Gasteiger partial charge in [-0.05, 0) is 165 Å². The molecule has 18 aromatic rings. The lowest BCUT2D eigenvalue weighted by Gasteiger charge is -2.45. The minimum absolute atomic E-state index is 0.248. The molecule has 109 heavy (non-hydrogen) atoms. The Morgan fingerprint density at radius 1 is 0.284 bits per heavy atom. The zero-order chi connectivity index (χ0) is 71.6. The summed E-state index contributed by atoms with van der Waals surface area (Å²) >= 11 is 0. The molecule has 0 fully saturated rings. The Labute approximate surface area is 634 Å². The third-order valence-corrected chi connectivity index (χ3v) is 23.1. The average Bonchev–Trinajstić information content (AvgIpc) is 1.66. The van der Waals surface area contributed by atoms with Crippen LogP contribution in [-0.4, -0.2) is 15.8 Å². The molecule has 6 nitrogen and oxygen atoms in total. The van der Waals surface area contributed by atoms with Crippen LogP contribution >= 0.6 is 0 Å². The molecule has 4 aliphatic rings. The summed E-state index contributed by atoms with van der Waals surface area (Å²) < 4.78 is 5.06. The van der Waals surface area contributed by atoms with Gasteiger partial charge in [0, 0.05) is 107 Å². The summed E-state index contributed by atoms with van der Waals surface area (Å²) in [5, 5.41) is 3.65. The molecule has 1 aliphatic carbocycles. The minimum atomic E-state index is -0.265. The summed E-state index contributed by atoms with van der Waals surface area (Å²) in [5.41, 5.74) is 35.5. The first-order chi connectivity index (χ1) is 54.1. The molecule has 0 bridgehead atoms. The highest BCUT2D eigenvalue weighted by atomic mass is 15.2. The summed E-state index contributed by atoms with van der Waals surface area (Å²) in [6.07, 6.45) is 5.80. The standard InChI is InChI=1S/C102H69BN6/c1-7-30-68(31-8-1)69-54-56-75(57-55-69)104(90-49-24-19-42-79(90)70-32-9-2-10-33-70)77-59-61-88-97(63-77)107(74-40-17-6-18-41-74)99-64-78(105(91-50-25-20-43-80(91)71-34-11-3-12-35-71)76-58-60-84-82-45-22-27-52-93(82)106(95(84)62-76)73-38-15-5-16-39-73)65-100-101(99)103(88)89-66-87-86-48-29-47-85-83-46-23-28-53-94(83)109(102(85)86)96(87)67-98(89)108(100)92-51-26-21-44-81(92)72-36-13-4-14-37-72/h1-46,48-67,85H,47H2. The van der Waals surface area contributed by atoms with Crippen molar-refractivity contribution in [1.29, 1.82) is 0 Å². The van der Waals surface area contributed by atoms with Gasteiger partial charge in [-0.25, -0.2) is 0 Å². The van der Waals surface area contributed by atoms with E-state index in [1.165, 1.54) is 66.1 Å². The quantitative estimate of drug-likeness (QED) is 0.107. The fraction of sp³-hybridized carbons (Fsp3) is 0.0196. The molecule has 1 unspecified atom stereocenters. The molecule has 2 aromatic heterocycles. The molecular formula is C102H69BN6. The topological polar surface area (TPSA) is 22.8 Å². The van der Waals surface area contributed by atoms with Gasteiger partial charge in [0.2, 0.25) is 0 Å². The van der Waals surface area contributed by atoms with Gasteiger partial charge in [-0.15, -0.1) is 0 Å². The van der Waals surface area contributed by atoms with E-state index < -0.39 is 0 Å². The third kappa shape index (κ3) is 9.90. The first kappa shape index (κ1) is 62.3. The van der Waals surface area contributed by atoms with E-state index in [9.17, 15) is 0 Å². The zero-order valence-electron chi connectivity index (χ0n) is 59.7. The molecule has 0 amide bonds. The van der Waals surface area contributed by atoms with Gasteiger partial charge >= 0.3 is 0 Å². The van der Waals surface area contributed by atoms with E-state index in [2.05, 4.69) is 429 Å². The van der Waals surface area contributed by atoms with Gasteiger partial charge < -0.3 is 28.7 Å². The van der Waals surface area contributed by atoms with Crippen molar-refractivity contribution < 1.29 is 0 Å². The number of nitrogens with zero attached hydrogens (tertiary/aromatic N) is 6. The zero-order valence-corrected chi connectivity index (χ0v) is 59.7. The van der Waals surface area contributed by atoms with Crippen molar-refractivity contribution in [3.63, 3.8) is 0 Å². The molecule has 22 rings (SSSR count). The molecular weight excluding hydrogens is 1320 g/mol. The highest BCUT2D eigenvalue weighted by molar-refractivity contribution is 7.00. The molecule has 0 radical (unpaired) electrons. The van der Waals surface area contributed by atoms with Crippen LogP contribution in [-0.2, 0) is 0 Å². The predicted octanol–water partition coefficient (Wildman–Crippen LogP) is 25.3. The average molecular weight is 1390 g/mol. The number of aromatic nitrogens is 2. The van der Waals surface area contributed by atoms with Crippen molar-refractivity contribution in [2.24, 2.45) is 0 Å². The molecule has 1 atom stereocenters. The summed E-state index contributed by atoms with van der Waals surface area (Å²) in [6.45, 7) is -0.265. The Morgan fingerprint density at radius 3 is 1.44 bits per heavy atom. The lowest BCUT2D eigenvalue weighted by atomic mass is 9.33. The third-order valence-electron chi connectivity index (χ3n) is 23.1. The van der Waals surface area contributed by atoms with Crippen LogP contribution in [0.25, 0.3) is 94.7 Å². The maximum absolute atomic E-state index is 2.66. The largest absolute Gasteiger partial charge is 0.312 e. The highest BCUT2D eigenvalue weighted by Gasteiger charge is 2.46. The van der Waals surface area contributed by atoms with Gasteiger partial charge in [0.1, 0.15) is 0 Å². The summed E-state index contributed by atoms with van der Waals surface area (Å²) in [4.78, 5) is 10.3. The number of para-hydroxylation sites is 7. The monoisotopic (exact) mass is 1390 g/mol. The number of rotatable bonds is 13. The van der Waals surface area contributed by atoms with Gasteiger partial charge in [-0.1, -0.05) is 291 Å². The molecule has 3 aliphatic heterocycles. The van der Waals surface area contributed by atoms with Crippen LogP contribution in [0, 0.1) is 0 Å². The second-order valence-corrected chi connectivity index (χ2v) is 29.0. The molecule has 510 valence electrons. The van der Waals surface area contributed by atoms with Crippen LogP contribution in [0.2, 0.25) is 0 Å². The fourth-order valence-corrected chi connectivity index (χ4v) is 18.5. The Kier molecular flexibility index (Phi) is 14.5. The van der Waals surface area contributed by atoms with E-state index in [1.807, 2.05) is 0 Å². The smallest absolute Gasteiger partial charge is 0.252 e. The lowest BCUT2D eigenvalue weighted by Crippen LogP contribution is -2.61. The predicted molar refractivity (Wildman–Crippen MR) is 458 cm³/mol. The lowest BCUT2D eigenvalue weighted by molar-refractivity contribution is 0.820. The van der Waals surface area contributed by atoms with Crippen molar-refractivity contribution in [1.82, 2.24) is 9.13 Å². The fourth-order valence-electron chi connectivity index (χ4n) is 18.5. The molecule has 0 saturated heterocycles. The summed E-state index contributed by atoms with van der Waals surface area (Å²) in [7, 11) is 0. The second-order valence-electron chi connectivity index (χ2n) is 29.0. The van der Waals surface area contributed by atoms with E-state index in [0.717, 1.165) is 130 Å². The van der Waals surface area contributed by atoms with Gasteiger partial charge in [-0.3, -0.25) is 0 Å². The normalized spacial score (nSPS) is 13.5. The number of allylic oxidation sites excluding steroid dienone is 1. The van der Waals surface area contributed by atoms with Crippen molar-refractivity contribution >= 4 is 130 Å². The van der Waals surface area contributed by atoms with E-state index in [-0.39, 0.29) is 12.6 Å². The van der Waals surface area contributed by atoms with Crippen LogP contribution in [0.1, 0.15) is 29.2 Å². The SMILES string of the molecule is C1=Cc2c3n(c4cc5c(cc24)B2c4ccc(N(c6ccc(-c7ccccc7)cc6)c6ccccc6-c6ccccc6)cc4N(c4ccccc4)c4cc(N(c6ccc7c8ccccc8n(-c8ccccc8)c7c6)c6ccccc6-c6ccccc6)cc(c42)N5c2ccccc2-c2ccccc2)-c2ccccc2C3C1. The number of anilines is 12. The number of benzene rings is 16. The molecule has 0 N–H and O–H groups in total. The van der Waals surface area contributed by atoms with E-state index >= 15 is 0 Å². The first-order valence-corrected chi connectivity index (χ1v) is 37.9. The van der Waals surface area contributed by atoms with Crippen molar-refractivity contribution in [3.05, 3.63) is 411 Å². The van der Waals surface area contributed by atoms with Gasteiger partial charge in [-0.2, -0.15) is 0 Å². The van der Waals surface area contributed by atoms with E-state index in [1.54, 1.807) is 0 Å². The molecule has 5 heterocycles. The Bertz CT molecular complexity index is 6650. The van der Waals surface area contributed by atoms with Gasteiger partial charge in [0.25, 0.3) is 6.71 Å². The Hall–Kier alpha value is -14.1. The van der Waals surface area contributed by atoms with Crippen LogP contribution in [0.3, 0.4) is 0 Å². The maximum atomic E-state index is 2.66. The van der Waals surface area contributed by atoms with Crippen molar-refractivity contribution in [2.45, 2.75) is 12.3 Å². The number of hydrogen-bond donors (Lipinski definition) is 0.